The summed E-state index contributed by atoms with van der Waals surface area (Å²) in [5.74, 6) is 0.489. The molecule has 5 nitrogen and oxygen atoms in total. The first-order valence-electron chi connectivity index (χ1n) is 3.63. The van der Waals surface area contributed by atoms with E-state index < -0.39 is 0 Å². The molecular weight excluding hydrogens is 186 g/mol. The first-order valence-corrected chi connectivity index (χ1v) is 4.85. The summed E-state index contributed by atoms with van der Waals surface area (Å²) in [5.41, 5.74) is 0. The van der Waals surface area contributed by atoms with Crippen LogP contribution < -0.4 is 0 Å². The molecule has 6 heteroatoms. The molecular formula is C7H7N5S. The van der Waals surface area contributed by atoms with Gasteiger partial charge in [0.05, 0.1) is 12.4 Å². The van der Waals surface area contributed by atoms with Crippen LogP contribution in [-0.2, 0) is 0 Å². The normalized spacial score (nSPS) is 10.2. The van der Waals surface area contributed by atoms with E-state index in [-0.39, 0.29) is 0 Å². The average Bonchev–Trinajstić information content (AvgIpc) is 2.71. The first-order chi connectivity index (χ1) is 6.40. The lowest BCUT2D eigenvalue weighted by atomic mass is 10.7. The van der Waals surface area contributed by atoms with Gasteiger partial charge in [-0.1, -0.05) is 0 Å². The lowest BCUT2D eigenvalue weighted by Crippen LogP contribution is -2.03. The molecule has 0 aromatic carbocycles. The van der Waals surface area contributed by atoms with Gasteiger partial charge in [-0.25, -0.2) is 9.97 Å². The summed E-state index contributed by atoms with van der Waals surface area (Å²) in [7, 11) is 0. The van der Waals surface area contributed by atoms with Gasteiger partial charge in [0.25, 0.3) is 5.95 Å². The minimum atomic E-state index is 0.489. The Morgan fingerprint density at radius 2 is 1.77 bits per heavy atom. The van der Waals surface area contributed by atoms with E-state index in [0.717, 1.165) is 4.90 Å². The van der Waals surface area contributed by atoms with Gasteiger partial charge in [-0.05, 0) is 6.26 Å². The molecule has 0 N–H and O–H groups in total. The highest BCUT2D eigenvalue weighted by Gasteiger charge is 1.99. The summed E-state index contributed by atoms with van der Waals surface area (Å²) in [6.45, 7) is 0. The monoisotopic (exact) mass is 193 g/mol. The van der Waals surface area contributed by atoms with Crippen LogP contribution in [0.5, 0.6) is 0 Å². The van der Waals surface area contributed by atoms with Crippen molar-refractivity contribution in [1.82, 2.24) is 25.0 Å². The van der Waals surface area contributed by atoms with Crippen molar-refractivity contribution in [3.8, 4) is 5.95 Å². The SMILES string of the molecule is CSc1cnc(-n2nccn2)nc1. The van der Waals surface area contributed by atoms with Crippen LogP contribution in [0.3, 0.4) is 0 Å². The van der Waals surface area contributed by atoms with Crippen LogP contribution in [0, 0.1) is 0 Å². The minimum absolute atomic E-state index is 0.489. The van der Waals surface area contributed by atoms with Gasteiger partial charge < -0.3 is 0 Å². The van der Waals surface area contributed by atoms with Gasteiger partial charge in [0, 0.05) is 17.3 Å². The zero-order chi connectivity index (χ0) is 9.10. The van der Waals surface area contributed by atoms with Crippen molar-refractivity contribution in [3.05, 3.63) is 24.8 Å². The fourth-order valence-electron chi connectivity index (χ4n) is 0.837. The van der Waals surface area contributed by atoms with Gasteiger partial charge >= 0.3 is 0 Å². The van der Waals surface area contributed by atoms with E-state index in [1.54, 1.807) is 36.5 Å². The maximum atomic E-state index is 4.10. The number of rotatable bonds is 2. The molecule has 0 amide bonds. The molecule has 0 radical (unpaired) electrons. The lowest BCUT2D eigenvalue weighted by molar-refractivity contribution is 0.699. The van der Waals surface area contributed by atoms with Crippen molar-refractivity contribution in [2.45, 2.75) is 4.90 Å². The van der Waals surface area contributed by atoms with Crippen LogP contribution in [0.15, 0.2) is 29.7 Å². The second-order valence-electron chi connectivity index (χ2n) is 2.24. The summed E-state index contributed by atoms with van der Waals surface area (Å²) in [6.07, 6.45) is 8.65. The number of thioether (sulfide) groups is 1. The van der Waals surface area contributed by atoms with Gasteiger partial charge in [0.2, 0.25) is 0 Å². The largest absolute Gasteiger partial charge is 0.268 e. The molecule has 0 bridgehead atoms. The number of aromatic nitrogens is 5. The Morgan fingerprint density at radius 3 is 2.31 bits per heavy atom. The average molecular weight is 193 g/mol. The maximum Gasteiger partial charge on any atom is 0.268 e. The Morgan fingerprint density at radius 1 is 1.15 bits per heavy atom. The fraction of sp³-hybridized carbons (Fsp3) is 0.143. The van der Waals surface area contributed by atoms with Crippen LogP contribution >= 0.6 is 11.8 Å². The predicted molar refractivity (Wildman–Crippen MR) is 48.7 cm³/mol. The van der Waals surface area contributed by atoms with Gasteiger partial charge in [-0.2, -0.15) is 10.2 Å². The van der Waals surface area contributed by atoms with Gasteiger partial charge in [0.15, 0.2) is 0 Å². The molecule has 2 aromatic rings. The molecule has 2 rings (SSSR count). The maximum absolute atomic E-state index is 4.10. The molecule has 0 aliphatic heterocycles. The Balaban J connectivity index is 2.33. The van der Waals surface area contributed by atoms with E-state index in [1.807, 2.05) is 6.26 Å². The Labute approximate surface area is 79.2 Å². The summed E-state index contributed by atoms with van der Waals surface area (Å²) >= 11 is 1.60. The van der Waals surface area contributed by atoms with Crippen LogP contribution in [0.4, 0.5) is 0 Å². The van der Waals surface area contributed by atoms with Crippen LogP contribution in [0.1, 0.15) is 0 Å². The molecule has 0 aliphatic rings. The molecule has 0 aliphatic carbocycles. The van der Waals surface area contributed by atoms with Crippen molar-refractivity contribution in [2.24, 2.45) is 0 Å². The van der Waals surface area contributed by atoms with E-state index in [1.165, 1.54) is 4.80 Å². The van der Waals surface area contributed by atoms with E-state index in [0.29, 0.717) is 5.95 Å². The van der Waals surface area contributed by atoms with E-state index in [4.69, 9.17) is 0 Å². The van der Waals surface area contributed by atoms with Crippen molar-refractivity contribution in [2.75, 3.05) is 6.26 Å². The highest BCUT2D eigenvalue weighted by atomic mass is 32.2. The number of hydrogen-bond acceptors (Lipinski definition) is 5. The summed E-state index contributed by atoms with van der Waals surface area (Å²) in [4.78, 5) is 10.6. The fourth-order valence-corrected chi connectivity index (χ4v) is 1.15. The van der Waals surface area contributed by atoms with E-state index in [9.17, 15) is 0 Å². The predicted octanol–water partition coefficient (Wildman–Crippen LogP) is 0.779. The molecule has 2 heterocycles. The number of hydrogen-bond donors (Lipinski definition) is 0. The molecule has 0 unspecified atom stereocenters. The second-order valence-corrected chi connectivity index (χ2v) is 3.12. The molecule has 0 saturated carbocycles. The zero-order valence-corrected chi connectivity index (χ0v) is 7.77. The molecule has 66 valence electrons. The smallest absolute Gasteiger partial charge is 0.217 e. The van der Waals surface area contributed by atoms with Crippen molar-refractivity contribution >= 4 is 11.8 Å². The van der Waals surface area contributed by atoms with Crippen LogP contribution in [0.25, 0.3) is 5.95 Å². The molecule has 0 fully saturated rings. The van der Waals surface area contributed by atoms with Crippen molar-refractivity contribution < 1.29 is 0 Å². The Bertz CT molecular complexity index is 368. The third-order valence-corrected chi connectivity index (χ3v) is 2.13. The zero-order valence-electron chi connectivity index (χ0n) is 6.95. The Hall–Kier alpha value is -1.43. The first kappa shape index (κ1) is 8.18. The lowest BCUT2D eigenvalue weighted by Gasteiger charge is -1.97. The topological polar surface area (TPSA) is 56.5 Å². The molecule has 2 aromatic heterocycles. The standard InChI is InChI=1S/C7H7N5S/c1-13-6-4-8-7(9-5-6)12-10-2-3-11-12/h2-5H,1H3. The Kier molecular flexibility index (Phi) is 2.22. The second kappa shape index (κ2) is 3.53. The van der Waals surface area contributed by atoms with Gasteiger partial charge in [-0.3, -0.25) is 0 Å². The van der Waals surface area contributed by atoms with Crippen molar-refractivity contribution in [1.29, 1.82) is 0 Å². The minimum Gasteiger partial charge on any atom is -0.217 e. The number of nitrogens with zero attached hydrogens (tertiary/aromatic N) is 5. The third-order valence-electron chi connectivity index (χ3n) is 1.45. The van der Waals surface area contributed by atoms with Gasteiger partial charge in [0.1, 0.15) is 0 Å². The van der Waals surface area contributed by atoms with E-state index in [2.05, 4.69) is 20.2 Å². The van der Waals surface area contributed by atoms with Gasteiger partial charge in [-0.15, -0.1) is 16.6 Å². The van der Waals surface area contributed by atoms with E-state index >= 15 is 0 Å². The summed E-state index contributed by atoms with van der Waals surface area (Å²) in [6, 6.07) is 0. The summed E-state index contributed by atoms with van der Waals surface area (Å²) < 4.78 is 0. The highest BCUT2D eigenvalue weighted by molar-refractivity contribution is 7.98. The molecule has 13 heavy (non-hydrogen) atoms. The summed E-state index contributed by atoms with van der Waals surface area (Å²) in [5, 5.41) is 7.83. The van der Waals surface area contributed by atoms with Crippen LogP contribution in [0.2, 0.25) is 0 Å². The highest BCUT2D eigenvalue weighted by Crippen LogP contribution is 2.10. The molecule has 0 saturated heterocycles. The molecule has 0 spiro atoms. The molecule has 0 atom stereocenters. The quantitative estimate of drug-likeness (QED) is 0.660. The third kappa shape index (κ3) is 1.67. The van der Waals surface area contributed by atoms with Crippen molar-refractivity contribution in [3.63, 3.8) is 0 Å². The van der Waals surface area contributed by atoms with Crippen LogP contribution in [-0.4, -0.2) is 31.2 Å².